The summed E-state index contributed by atoms with van der Waals surface area (Å²) in [4.78, 5) is 0.239. The van der Waals surface area contributed by atoms with Gasteiger partial charge in [0.1, 0.15) is 11.5 Å². The lowest BCUT2D eigenvalue weighted by Crippen LogP contribution is -2.31. The van der Waals surface area contributed by atoms with Crippen LogP contribution in [0.25, 0.3) is 10.8 Å². The van der Waals surface area contributed by atoms with Gasteiger partial charge in [0, 0.05) is 12.6 Å². The zero-order chi connectivity index (χ0) is 18.7. The lowest BCUT2D eigenvalue weighted by atomic mass is 10.1. The number of nitrogens with zero attached hydrogens (tertiary/aromatic N) is 1. The summed E-state index contributed by atoms with van der Waals surface area (Å²) in [7, 11) is -0.698. The molecule has 0 bridgehead atoms. The third kappa shape index (κ3) is 3.20. The molecule has 6 heteroatoms. The smallest absolute Gasteiger partial charge is 0.264 e. The molecule has 0 aromatic heterocycles. The molecule has 0 aliphatic heterocycles. The average molecular weight is 371 g/mol. The van der Waals surface area contributed by atoms with Crippen molar-refractivity contribution in [2.45, 2.75) is 11.8 Å². The van der Waals surface area contributed by atoms with Crippen molar-refractivity contribution in [2.75, 3.05) is 25.1 Å². The van der Waals surface area contributed by atoms with Crippen LogP contribution >= 0.6 is 0 Å². The van der Waals surface area contributed by atoms with Crippen LogP contribution in [0.2, 0.25) is 0 Å². The van der Waals surface area contributed by atoms with Crippen LogP contribution in [0.1, 0.15) is 6.92 Å². The first kappa shape index (κ1) is 18.1. The highest BCUT2D eigenvalue weighted by atomic mass is 32.2. The second-order valence-corrected chi connectivity index (χ2v) is 7.58. The molecule has 136 valence electrons. The van der Waals surface area contributed by atoms with E-state index in [0.29, 0.717) is 17.2 Å². The molecule has 26 heavy (non-hydrogen) atoms. The number of benzene rings is 3. The van der Waals surface area contributed by atoms with E-state index in [1.54, 1.807) is 44.4 Å². The van der Waals surface area contributed by atoms with Gasteiger partial charge in [-0.2, -0.15) is 0 Å². The van der Waals surface area contributed by atoms with E-state index in [4.69, 9.17) is 9.47 Å². The molecule has 0 spiro atoms. The molecule has 5 nitrogen and oxygen atoms in total. The van der Waals surface area contributed by atoms with Gasteiger partial charge in [0.2, 0.25) is 0 Å². The minimum Gasteiger partial charge on any atom is -0.497 e. The van der Waals surface area contributed by atoms with Gasteiger partial charge in [0.25, 0.3) is 10.0 Å². The Hall–Kier alpha value is -2.73. The van der Waals surface area contributed by atoms with E-state index in [9.17, 15) is 8.42 Å². The summed E-state index contributed by atoms with van der Waals surface area (Å²) in [6.07, 6.45) is 0. The van der Waals surface area contributed by atoms with Crippen molar-refractivity contribution in [2.24, 2.45) is 0 Å². The molecule has 0 aliphatic carbocycles. The monoisotopic (exact) mass is 371 g/mol. The Kier molecular flexibility index (Phi) is 5.04. The maximum Gasteiger partial charge on any atom is 0.264 e. The molecule has 0 saturated carbocycles. The molecular formula is C20H21NO4S. The number of sulfonamides is 1. The molecule has 3 aromatic carbocycles. The predicted octanol–water partition coefficient (Wildman–Crippen LogP) is 4.07. The summed E-state index contributed by atoms with van der Waals surface area (Å²) in [6.45, 7) is 2.05. The fourth-order valence-electron chi connectivity index (χ4n) is 2.92. The van der Waals surface area contributed by atoms with Crippen LogP contribution in [-0.4, -0.2) is 29.2 Å². The van der Waals surface area contributed by atoms with Crippen molar-refractivity contribution in [3.8, 4) is 11.5 Å². The summed E-state index contributed by atoms with van der Waals surface area (Å²) in [5, 5.41) is 1.87. The van der Waals surface area contributed by atoms with Gasteiger partial charge in [-0.3, -0.25) is 4.31 Å². The molecule has 0 heterocycles. The van der Waals surface area contributed by atoms with Crippen molar-refractivity contribution >= 4 is 26.5 Å². The Morgan fingerprint density at radius 1 is 0.885 bits per heavy atom. The van der Waals surface area contributed by atoms with Gasteiger partial charge in [-0.1, -0.05) is 30.3 Å². The highest BCUT2D eigenvalue weighted by Gasteiger charge is 2.26. The quantitative estimate of drug-likeness (QED) is 0.655. The van der Waals surface area contributed by atoms with E-state index < -0.39 is 10.0 Å². The molecule has 3 aromatic rings. The molecule has 0 atom stereocenters. The summed E-state index contributed by atoms with van der Waals surface area (Å²) >= 11 is 0. The highest BCUT2D eigenvalue weighted by Crippen LogP contribution is 2.35. The first-order chi connectivity index (χ1) is 12.5. The number of methoxy groups -OCH3 is 2. The normalized spacial score (nSPS) is 11.3. The number of hydrogen-bond acceptors (Lipinski definition) is 4. The minimum absolute atomic E-state index is 0.239. The minimum atomic E-state index is -3.76. The first-order valence-corrected chi connectivity index (χ1v) is 9.69. The van der Waals surface area contributed by atoms with Gasteiger partial charge in [-0.15, -0.1) is 0 Å². The van der Waals surface area contributed by atoms with Crippen LogP contribution in [0.4, 0.5) is 5.69 Å². The van der Waals surface area contributed by atoms with Gasteiger partial charge < -0.3 is 9.47 Å². The number of rotatable bonds is 6. The van der Waals surface area contributed by atoms with E-state index in [1.807, 2.05) is 30.3 Å². The Bertz CT molecular complexity index is 1030. The summed E-state index contributed by atoms with van der Waals surface area (Å²) in [5.41, 5.74) is 0.447. The van der Waals surface area contributed by atoms with Crippen molar-refractivity contribution in [3.05, 3.63) is 60.7 Å². The third-order valence-corrected chi connectivity index (χ3v) is 6.14. The molecule has 0 saturated heterocycles. The van der Waals surface area contributed by atoms with Crippen LogP contribution in [0.5, 0.6) is 11.5 Å². The van der Waals surface area contributed by atoms with Crippen LogP contribution in [0, 0.1) is 0 Å². The van der Waals surface area contributed by atoms with E-state index in [1.165, 1.54) is 11.4 Å². The fourth-order valence-corrected chi connectivity index (χ4v) is 4.43. The Morgan fingerprint density at radius 2 is 1.62 bits per heavy atom. The standard InChI is InChI=1S/C20H21NO4S/c1-4-21(19-14-17(24-2)10-12-20(19)25-3)26(22,23)18-11-9-15-7-5-6-8-16(15)13-18/h5-14H,4H2,1-3H3. The predicted molar refractivity (Wildman–Crippen MR) is 104 cm³/mol. The maximum atomic E-state index is 13.3. The van der Waals surface area contributed by atoms with Crippen LogP contribution < -0.4 is 13.8 Å². The zero-order valence-corrected chi connectivity index (χ0v) is 15.8. The van der Waals surface area contributed by atoms with E-state index >= 15 is 0 Å². The third-order valence-electron chi connectivity index (χ3n) is 4.25. The number of fused-ring (bicyclic) bond motifs is 1. The molecule has 0 N–H and O–H groups in total. The largest absolute Gasteiger partial charge is 0.497 e. The lowest BCUT2D eigenvalue weighted by molar-refractivity contribution is 0.404. The fraction of sp³-hybridized carbons (Fsp3) is 0.200. The number of hydrogen-bond donors (Lipinski definition) is 0. The van der Waals surface area contributed by atoms with Gasteiger partial charge >= 0.3 is 0 Å². The van der Waals surface area contributed by atoms with Gasteiger partial charge in [-0.05, 0) is 42.0 Å². The second kappa shape index (κ2) is 7.25. The average Bonchev–Trinajstić information content (AvgIpc) is 2.67. The maximum absolute atomic E-state index is 13.3. The van der Waals surface area contributed by atoms with Crippen molar-refractivity contribution < 1.29 is 17.9 Å². The summed E-state index contributed by atoms with van der Waals surface area (Å²) in [5.74, 6) is 1.03. The van der Waals surface area contributed by atoms with Crippen LogP contribution in [0.15, 0.2) is 65.6 Å². The molecule has 0 fully saturated rings. The second-order valence-electron chi connectivity index (χ2n) is 5.72. The van der Waals surface area contributed by atoms with Crippen LogP contribution in [-0.2, 0) is 10.0 Å². The molecule has 0 amide bonds. The Morgan fingerprint density at radius 3 is 2.27 bits per heavy atom. The lowest BCUT2D eigenvalue weighted by Gasteiger charge is -2.25. The molecule has 3 rings (SSSR count). The van der Waals surface area contributed by atoms with E-state index in [-0.39, 0.29) is 11.4 Å². The first-order valence-electron chi connectivity index (χ1n) is 8.25. The van der Waals surface area contributed by atoms with Gasteiger partial charge in [0.05, 0.1) is 24.8 Å². The summed E-state index contributed by atoms with van der Waals surface area (Å²) < 4.78 is 38.6. The zero-order valence-electron chi connectivity index (χ0n) is 15.0. The number of ether oxygens (including phenoxy) is 2. The van der Waals surface area contributed by atoms with Crippen molar-refractivity contribution in [3.63, 3.8) is 0 Å². The van der Waals surface area contributed by atoms with E-state index in [0.717, 1.165) is 10.8 Å². The molecule has 0 radical (unpaired) electrons. The van der Waals surface area contributed by atoms with Crippen molar-refractivity contribution in [1.82, 2.24) is 0 Å². The molecule has 0 aliphatic rings. The SMILES string of the molecule is CCN(c1cc(OC)ccc1OC)S(=O)(=O)c1ccc2ccccc2c1. The molecular weight excluding hydrogens is 350 g/mol. The van der Waals surface area contributed by atoms with Crippen molar-refractivity contribution in [1.29, 1.82) is 0 Å². The van der Waals surface area contributed by atoms with Crippen LogP contribution in [0.3, 0.4) is 0 Å². The topological polar surface area (TPSA) is 55.8 Å². The molecule has 0 unspecified atom stereocenters. The van der Waals surface area contributed by atoms with Gasteiger partial charge in [0.15, 0.2) is 0 Å². The highest BCUT2D eigenvalue weighted by molar-refractivity contribution is 7.92. The number of anilines is 1. The summed E-state index contributed by atoms with van der Waals surface area (Å²) in [6, 6.07) is 17.9. The van der Waals surface area contributed by atoms with E-state index in [2.05, 4.69) is 0 Å². The Labute approximate surface area is 153 Å². The Balaban J connectivity index is 2.14. The van der Waals surface area contributed by atoms with Gasteiger partial charge in [-0.25, -0.2) is 8.42 Å².